The number of anilines is 1. The second-order valence-electron chi connectivity index (χ2n) is 6.67. The van der Waals surface area contributed by atoms with E-state index in [1.165, 1.54) is 32.4 Å². The summed E-state index contributed by atoms with van der Waals surface area (Å²) in [4.78, 5) is 15.9. The molecule has 23 heavy (non-hydrogen) atoms. The Morgan fingerprint density at radius 3 is 3.00 bits per heavy atom. The van der Waals surface area contributed by atoms with Gasteiger partial charge in [0.2, 0.25) is 0 Å². The van der Waals surface area contributed by atoms with Gasteiger partial charge in [0.25, 0.3) is 0 Å². The van der Waals surface area contributed by atoms with Gasteiger partial charge < -0.3 is 10.6 Å². The van der Waals surface area contributed by atoms with Crippen LogP contribution in [0.1, 0.15) is 26.2 Å². The first-order valence-corrected chi connectivity index (χ1v) is 9.85. The van der Waals surface area contributed by atoms with Crippen LogP contribution in [0.25, 0.3) is 0 Å². The van der Waals surface area contributed by atoms with E-state index in [0.29, 0.717) is 6.04 Å². The molecular formula is C18H27N3OS. The lowest BCUT2D eigenvalue weighted by Crippen LogP contribution is -2.56. The summed E-state index contributed by atoms with van der Waals surface area (Å²) in [5.41, 5.74) is 0.853. The van der Waals surface area contributed by atoms with E-state index in [2.05, 4.69) is 22.5 Å². The molecular weight excluding hydrogens is 306 g/mol. The summed E-state index contributed by atoms with van der Waals surface area (Å²) in [6.45, 7) is 5.46. The smallest absolute Gasteiger partial charge is 0.319 e. The van der Waals surface area contributed by atoms with E-state index in [9.17, 15) is 4.79 Å². The van der Waals surface area contributed by atoms with Crippen LogP contribution in [0.4, 0.5) is 10.5 Å². The average molecular weight is 334 g/mol. The maximum atomic E-state index is 12.1. The fraction of sp³-hybridized carbons (Fsp3) is 0.611. The van der Waals surface area contributed by atoms with Gasteiger partial charge in [0, 0.05) is 29.7 Å². The Bertz CT molecular complexity index is 551. The molecule has 3 aliphatic heterocycles. The third kappa shape index (κ3) is 4.01. The van der Waals surface area contributed by atoms with E-state index >= 15 is 0 Å². The Morgan fingerprint density at radius 2 is 2.30 bits per heavy atom. The van der Waals surface area contributed by atoms with Crippen LogP contribution in [0, 0.1) is 11.8 Å². The molecule has 0 saturated carbocycles. The van der Waals surface area contributed by atoms with Gasteiger partial charge >= 0.3 is 6.03 Å². The van der Waals surface area contributed by atoms with Crippen LogP contribution in [0.5, 0.6) is 0 Å². The van der Waals surface area contributed by atoms with Gasteiger partial charge in [-0.3, -0.25) is 4.90 Å². The second kappa shape index (κ2) is 7.58. The van der Waals surface area contributed by atoms with Crippen molar-refractivity contribution in [2.24, 2.45) is 11.8 Å². The Labute approximate surface area is 143 Å². The standard InChI is InChI=1S/C18H27N3OS/c1-3-13-12-21-8-7-14(13)9-16(21)11-19-18(22)20-15-5-4-6-17(10-15)23-2/h4-6,10,13-14,16H,3,7-9,11-12H2,1-2H3,(H2,19,20,22)/t13-,14+,16-/m1/s1. The molecule has 2 amide bonds. The van der Waals surface area contributed by atoms with Crippen molar-refractivity contribution in [3.05, 3.63) is 24.3 Å². The van der Waals surface area contributed by atoms with Crippen LogP contribution in [-0.4, -0.2) is 42.9 Å². The minimum absolute atomic E-state index is 0.0991. The molecule has 3 aliphatic rings. The fourth-order valence-corrected chi connectivity index (χ4v) is 4.47. The number of urea groups is 1. The number of piperidine rings is 3. The van der Waals surface area contributed by atoms with E-state index < -0.39 is 0 Å². The maximum absolute atomic E-state index is 12.1. The highest BCUT2D eigenvalue weighted by Crippen LogP contribution is 2.37. The third-order valence-corrected chi connectivity index (χ3v) is 6.09. The monoisotopic (exact) mass is 333 g/mol. The number of benzene rings is 1. The van der Waals surface area contributed by atoms with E-state index in [-0.39, 0.29) is 6.03 Å². The quantitative estimate of drug-likeness (QED) is 0.809. The van der Waals surface area contributed by atoms with Gasteiger partial charge in [-0.1, -0.05) is 19.4 Å². The van der Waals surface area contributed by atoms with Crippen LogP contribution in [0.2, 0.25) is 0 Å². The van der Waals surface area contributed by atoms with Gasteiger partial charge in [-0.15, -0.1) is 11.8 Å². The average Bonchev–Trinajstić information content (AvgIpc) is 2.60. The highest BCUT2D eigenvalue weighted by Gasteiger charge is 2.38. The van der Waals surface area contributed by atoms with E-state index in [1.807, 2.05) is 30.5 Å². The summed E-state index contributed by atoms with van der Waals surface area (Å²) in [6.07, 6.45) is 5.90. The van der Waals surface area contributed by atoms with Crippen molar-refractivity contribution in [2.45, 2.75) is 37.1 Å². The van der Waals surface area contributed by atoms with Crippen molar-refractivity contribution < 1.29 is 4.79 Å². The molecule has 5 heteroatoms. The van der Waals surface area contributed by atoms with Crippen LogP contribution in [0.3, 0.4) is 0 Å². The SMILES string of the molecule is CC[C@@H]1CN2CC[C@H]1C[C@@H]2CNC(=O)Nc1cccc(SC)c1. The van der Waals surface area contributed by atoms with Crippen molar-refractivity contribution in [1.82, 2.24) is 10.2 Å². The zero-order chi connectivity index (χ0) is 16.2. The van der Waals surface area contributed by atoms with Crippen molar-refractivity contribution in [1.29, 1.82) is 0 Å². The van der Waals surface area contributed by atoms with Crippen molar-refractivity contribution >= 4 is 23.5 Å². The van der Waals surface area contributed by atoms with Gasteiger partial charge in [-0.2, -0.15) is 0 Å². The lowest BCUT2D eigenvalue weighted by atomic mass is 9.74. The molecule has 0 aromatic heterocycles. The minimum Gasteiger partial charge on any atom is -0.336 e. The molecule has 0 radical (unpaired) electrons. The molecule has 4 atom stereocenters. The number of hydrogen-bond acceptors (Lipinski definition) is 3. The Hall–Kier alpha value is -1.20. The first-order valence-electron chi connectivity index (χ1n) is 8.62. The van der Waals surface area contributed by atoms with Crippen LogP contribution in [0.15, 0.2) is 29.2 Å². The molecule has 3 saturated heterocycles. The molecule has 0 aliphatic carbocycles. The van der Waals surface area contributed by atoms with Crippen molar-refractivity contribution in [2.75, 3.05) is 31.2 Å². The fourth-order valence-electron chi connectivity index (χ4n) is 4.01. The van der Waals surface area contributed by atoms with Gasteiger partial charge in [0.15, 0.2) is 0 Å². The Balaban J connectivity index is 1.48. The molecule has 1 unspecified atom stereocenters. The van der Waals surface area contributed by atoms with Crippen LogP contribution < -0.4 is 10.6 Å². The van der Waals surface area contributed by atoms with E-state index in [4.69, 9.17) is 0 Å². The number of carbonyl (C=O) groups excluding carboxylic acids is 1. The summed E-state index contributed by atoms with van der Waals surface area (Å²) in [5.74, 6) is 1.72. The lowest BCUT2D eigenvalue weighted by Gasteiger charge is -2.49. The molecule has 126 valence electrons. The number of nitrogens with one attached hydrogen (secondary N) is 2. The van der Waals surface area contributed by atoms with Crippen LogP contribution in [-0.2, 0) is 0 Å². The van der Waals surface area contributed by atoms with Crippen molar-refractivity contribution in [3.8, 4) is 0 Å². The van der Waals surface area contributed by atoms with Gasteiger partial charge in [-0.25, -0.2) is 4.79 Å². The number of nitrogens with zero attached hydrogens (tertiary/aromatic N) is 1. The molecule has 4 nitrogen and oxygen atoms in total. The zero-order valence-corrected chi connectivity index (χ0v) is 14.9. The molecule has 1 aromatic rings. The summed E-state index contributed by atoms with van der Waals surface area (Å²) < 4.78 is 0. The predicted octanol–water partition coefficient (Wildman–Crippen LogP) is 3.65. The van der Waals surface area contributed by atoms with Gasteiger partial charge in [0.05, 0.1) is 0 Å². The highest BCUT2D eigenvalue weighted by molar-refractivity contribution is 7.98. The zero-order valence-electron chi connectivity index (χ0n) is 14.0. The third-order valence-electron chi connectivity index (χ3n) is 5.36. The van der Waals surface area contributed by atoms with E-state index in [1.54, 1.807) is 11.8 Å². The number of rotatable bonds is 5. The molecule has 4 rings (SSSR count). The minimum atomic E-state index is -0.0991. The van der Waals surface area contributed by atoms with Crippen molar-refractivity contribution in [3.63, 3.8) is 0 Å². The van der Waals surface area contributed by atoms with Crippen LogP contribution >= 0.6 is 11.8 Å². The predicted molar refractivity (Wildman–Crippen MR) is 97.1 cm³/mol. The molecule has 3 fully saturated rings. The second-order valence-corrected chi connectivity index (χ2v) is 7.55. The van der Waals surface area contributed by atoms with Gasteiger partial charge in [-0.05, 0) is 55.7 Å². The first-order chi connectivity index (χ1) is 11.2. The molecule has 3 heterocycles. The van der Waals surface area contributed by atoms with Gasteiger partial charge in [0.1, 0.15) is 0 Å². The number of hydrogen-bond donors (Lipinski definition) is 2. The summed E-state index contributed by atoms with van der Waals surface area (Å²) in [7, 11) is 0. The Kier molecular flexibility index (Phi) is 5.49. The lowest BCUT2D eigenvalue weighted by molar-refractivity contribution is 0.00159. The number of carbonyl (C=O) groups is 1. The number of fused-ring (bicyclic) bond motifs is 3. The first kappa shape index (κ1) is 16.7. The molecule has 1 aromatic carbocycles. The summed E-state index contributed by atoms with van der Waals surface area (Å²) in [5, 5.41) is 6.00. The number of thioether (sulfide) groups is 1. The number of amides is 2. The maximum Gasteiger partial charge on any atom is 0.319 e. The largest absolute Gasteiger partial charge is 0.336 e. The molecule has 0 spiro atoms. The molecule has 2 bridgehead atoms. The van der Waals surface area contributed by atoms with E-state index in [0.717, 1.165) is 29.0 Å². The summed E-state index contributed by atoms with van der Waals surface area (Å²) >= 11 is 1.68. The summed E-state index contributed by atoms with van der Waals surface area (Å²) in [6, 6.07) is 8.36. The highest BCUT2D eigenvalue weighted by atomic mass is 32.2. The topological polar surface area (TPSA) is 44.4 Å². The molecule has 2 N–H and O–H groups in total. The normalized spacial score (nSPS) is 29.3. The Morgan fingerprint density at radius 1 is 1.43 bits per heavy atom.